The third-order valence-electron chi connectivity index (χ3n) is 3.95. The molecule has 1 heterocycles. The molecule has 1 aromatic rings. The van der Waals surface area contributed by atoms with Crippen molar-refractivity contribution < 1.29 is 38.1 Å². The summed E-state index contributed by atoms with van der Waals surface area (Å²) in [5, 5.41) is -0.452. The largest absolute Gasteiger partial charge is 0.493 e. The summed E-state index contributed by atoms with van der Waals surface area (Å²) in [5.74, 6) is -1.53. The number of nitrogens with zero attached hydrogens (tertiary/aromatic N) is 1. The minimum absolute atomic E-state index is 0.109. The first-order valence-corrected chi connectivity index (χ1v) is 9.93. The van der Waals surface area contributed by atoms with E-state index < -0.39 is 29.1 Å². The monoisotopic (exact) mass is 457 g/mol. The summed E-state index contributed by atoms with van der Waals surface area (Å²) in [6, 6.07) is 1.97. The molecular formula is C19H20ClNO8S. The van der Waals surface area contributed by atoms with Crippen molar-refractivity contribution in [2.45, 2.75) is 19.9 Å². The number of hydrogen-bond acceptors (Lipinski definition) is 9. The zero-order valence-electron chi connectivity index (χ0n) is 16.7. The van der Waals surface area contributed by atoms with Crippen LogP contribution in [0.15, 0.2) is 17.0 Å². The van der Waals surface area contributed by atoms with Crippen molar-refractivity contribution in [3.05, 3.63) is 27.6 Å². The lowest BCUT2D eigenvalue weighted by Gasteiger charge is -2.19. The summed E-state index contributed by atoms with van der Waals surface area (Å²) in [7, 11) is 2.61. The van der Waals surface area contributed by atoms with Gasteiger partial charge in [-0.2, -0.15) is 0 Å². The number of halogens is 1. The summed E-state index contributed by atoms with van der Waals surface area (Å²) in [4.78, 5) is 49.1. The number of benzene rings is 1. The Bertz CT molecular complexity index is 901. The number of imide groups is 1. The molecule has 0 aromatic heterocycles. The molecule has 30 heavy (non-hydrogen) atoms. The molecule has 2 rings (SSSR count). The van der Waals surface area contributed by atoms with E-state index in [2.05, 4.69) is 4.74 Å². The highest BCUT2D eigenvalue weighted by Crippen LogP contribution is 2.39. The molecule has 0 radical (unpaired) electrons. The van der Waals surface area contributed by atoms with Crippen molar-refractivity contribution in [2.24, 2.45) is 0 Å². The lowest BCUT2D eigenvalue weighted by atomic mass is 10.1. The van der Waals surface area contributed by atoms with Gasteiger partial charge in [-0.15, -0.1) is 0 Å². The highest BCUT2D eigenvalue weighted by atomic mass is 35.5. The van der Waals surface area contributed by atoms with Gasteiger partial charge >= 0.3 is 11.9 Å². The number of thioether (sulfide) groups is 1. The van der Waals surface area contributed by atoms with E-state index in [0.717, 1.165) is 4.90 Å². The average molecular weight is 458 g/mol. The molecular weight excluding hydrogens is 438 g/mol. The Morgan fingerprint density at radius 1 is 1.27 bits per heavy atom. The number of hydrogen-bond donors (Lipinski definition) is 0. The van der Waals surface area contributed by atoms with Crippen molar-refractivity contribution in [3.63, 3.8) is 0 Å². The number of methoxy groups -OCH3 is 2. The van der Waals surface area contributed by atoms with Gasteiger partial charge < -0.3 is 18.9 Å². The molecule has 11 heteroatoms. The van der Waals surface area contributed by atoms with Crippen LogP contribution < -0.4 is 9.47 Å². The molecule has 0 bridgehead atoms. The number of carbonyl (C=O) groups is 4. The third kappa shape index (κ3) is 5.25. The first-order valence-electron chi connectivity index (χ1n) is 8.74. The van der Waals surface area contributed by atoms with Crippen LogP contribution in [0.3, 0.4) is 0 Å². The van der Waals surface area contributed by atoms with Crippen molar-refractivity contribution >= 4 is 52.5 Å². The molecule has 1 unspecified atom stereocenters. The molecule has 1 saturated heterocycles. The fraction of sp³-hybridized carbons (Fsp3) is 0.368. The van der Waals surface area contributed by atoms with E-state index in [1.165, 1.54) is 39.4 Å². The topological polar surface area (TPSA) is 108 Å². The van der Waals surface area contributed by atoms with Gasteiger partial charge in [0.25, 0.3) is 11.1 Å². The van der Waals surface area contributed by atoms with Crippen molar-refractivity contribution in [1.29, 1.82) is 0 Å². The summed E-state index contributed by atoms with van der Waals surface area (Å²) in [6.07, 6.45) is 1.45. The molecule has 0 spiro atoms. The van der Waals surface area contributed by atoms with Crippen LogP contribution in [0.4, 0.5) is 4.79 Å². The number of amides is 2. The molecule has 1 fully saturated rings. The van der Waals surface area contributed by atoms with Gasteiger partial charge in [-0.25, -0.2) is 9.59 Å². The Kier molecular flexibility index (Phi) is 8.13. The van der Waals surface area contributed by atoms with Gasteiger partial charge in [0.2, 0.25) is 0 Å². The predicted octanol–water partition coefficient (Wildman–Crippen LogP) is 2.89. The van der Waals surface area contributed by atoms with Crippen molar-refractivity contribution in [3.8, 4) is 11.5 Å². The summed E-state index contributed by atoms with van der Waals surface area (Å²) in [6.45, 7) is 2.83. The van der Waals surface area contributed by atoms with Crippen LogP contribution in [0.5, 0.6) is 11.5 Å². The normalized spacial score (nSPS) is 15.9. The van der Waals surface area contributed by atoms with Crippen LogP contribution in [-0.2, 0) is 23.9 Å². The maximum Gasteiger partial charge on any atom is 0.343 e. The lowest BCUT2D eigenvalue weighted by Crippen LogP contribution is -2.42. The number of carbonyl (C=O) groups excluding carboxylic acids is 4. The predicted molar refractivity (Wildman–Crippen MR) is 109 cm³/mol. The van der Waals surface area contributed by atoms with Gasteiger partial charge in [-0.05, 0) is 49.4 Å². The van der Waals surface area contributed by atoms with E-state index in [9.17, 15) is 19.2 Å². The minimum Gasteiger partial charge on any atom is -0.493 e. The highest BCUT2D eigenvalue weighted by Gasteiger charge is 2.41. The zero-order chi connectivity index (χ0) is 22.4. The van der Waals surface area contributed by atoms with Gasteiger partial charge in [0.05, 0.1) is 30.8 Å². The SMILES string of the molecule is CCOC(=O)C(C)N1C(=O)S/C(=C/c2cc(Cl)c(OCC(=O)OC)c(OC)c2)C1=O. The van der Waals surface area contributed by atoms with E-state index in [1.54, 1.807) is 6.92 Å². The van der Waals surface area contributed by atoms with Crippen LogP contribution in [0.1, 0.15) is 19.4 Å². The Hall–Kier alpha value is -2.72. The van der Waals surface area contributed by atoms with Crippen LogP contribution in [-0.4, -0.2) is 61.5 Å². The van der Waals surface area contributed by atoms with E-state index in [4.69, 9.17) is 25.8 Å². The smallest absolute Gasteiger partial charge is 0.343 e. The second kappa shape index (κ2) is 10.4. The van der Waals surface area contributed by atoms with E-state index in [1.807, 2.05) is 0 Å². The molecule has 1 atom stereocenters. The summed E-state index contributed by atoms with van der Waals surface area (Å²) >= 11 is 6.92. The summed E-state index contributed by atoms with van der Waals surface area (Å²) < 4.78 is 20.0. The van der Waals surface area contributed by atoms with Crippen LogP contribution in [0.2, 0.25) is 5.02 Å². The average Bonchev–Trinajstić information content (AvgIpc) is 2.98. The third-order valence-corrected chi connectivity index (χ3v) is 5.11. The fourth-order valence-electron chi connectivity index (χ4n) is 2.49. The molecule has 2 amide bonds. The second-order valence-electron chi connectivity index (χ2n) is 5.88. The Labute approximate surface area is 182 Å². The van der Waals surface area contributed by atoms with Crippen molar-refractivity contribution in [1.82, 2.24) is 4.90 Å². The number of esters is 2. The molecule has 9 nitrogen and oxygen atoms in total. The Morgan fingerprint density at radius 3 is 2.57 bits per heavy atom. The van der Waals surface area contributed by atoms with Gasteiger partial charge in [0, 0.05) is 0 Å². The van der Waals surface area contributed by atoms with Gasteiger partial charge in [-0.3, -0.25) is 14.5 Å². The van der Waals surface area contributed by atoms with Crippen LogP contribution >= 0.6 is 23.4 Å². The van der Waals surface area contributed by atoms with Crippen LogP contribution in [0.25, 0.3) is 6.08 Å². The molecule has 162 valence electrons. The quantitative estimate of drug-likeness (QED) is 0.430. The standard InChI is InChI=1S/C19H20ClNO8S/c1-5-28-18(24)10(2)21-17(23)14(30-19(21)25)8-11-6-12(20)16(13(7-11)26-3)29-9-15(22)27-4/h6-8,10H,5,9H2,1-4H3/b14-8+. The van der Waals surface area contributed by atoms with Crippen LogP contribution in [0, 0.1) is 0 Å². The molecule has 1 aliphatic rings. The number of rotatable bonds is 8. The molecule has 0 N–H and O–H groups in total. The Morgan fingerprint density at radius 2 is 1.97 bits per heavy atom. The second-order valence-corrected chi connectivity index (χ2v) is 7.28. The lowest BCUT2D eigenvalue weighted by molar-refractivity contribution is -0.150. The van der Waals surface area contributed by atoms with Crippen molar-refractivity contribution in [2.75, 3.05) is 27.4 Å². The number of ether oxygens (including phenoxy) is 4. The molecule has 0 aliphatic carbocycles. The van der Waals surface area contributed by atoms with Gasteiger partial charge in [0.1, 0.15) is 6.04 Å². The zero-order valence-corrected chi connectivity index (χ0v) is 18.3. The summed E-state index contributed by atoms with van der Waals surface area (Å²) in [5.41, 5.74) is 0.455. The Balaban J connectivity index is 2.29. The maximum absolute atomic E-state index is 12.7. The van der Waals surface area contributed by atoms with Gasteiger partial charge in [0.15, 0.2) is 18.1 Å². The van der Waals surface area contributed by atoms with E-state index in [-0.39, 0.29) is 34.6 Å². The molecule has 1 aliphatic heterocycles. The molecule has 1 aromatic carbocycles. The minimum atomic E-state index is -1.05. The van der Waals surface area contributed by atoms with E-state index in [0.29, 0.717) is 17.3 Å². The van der Waals surface area contributed by atoms with Gasteiger partial charge in [-0.1, -0.05) is 11.6 Å². The highest BCUT2D eigenvalue weighted by molar-refractivity contribution is 8.18. The maximum atomic E-state index is 12.7. The first-order chi connectivity index (χ1) is 14.2. The van der Waals surface area contributed by atoms with E-state index >= 15 is 0 Å². The first kappa shape index (κ1) is 23.6. The molecule has 0 saturated carbocycles. The fourth-order valence-corrected chi connectivity index (χ4v) is 3.67.